The van der Waals surface area contributed by atoms with Gasteiger partial charge in [0.15, 0.2) is 0 Å². The van der Waals surface area contributed by atoms with Gasteiger partial charge in [-0.3, -0.25) is 0 Å². The van der Waals surface area contributed by atoms with Gasteiger partial charge in [0.05, 0.1) is 6.04 Å². The standard InChI is InChI=1S/C14H18ClNO3/c1-14(2,3)19-13(18)16-12(8-9-17)10-4-6-11(15)7-5-10/h4-7,9,12H,8H2,1-3H3,(H,16,18). The van der Waals surface area contributed by atoms with E-state index in [-0.39, 0.29) is 6.42 Å². The minimum atomic E-state index is -0.574. The second kappa shape index (κ2) is 6.57. The summed E-state index contributed by atoms with van der Waals surface area (Å²) in [6.07, 6.45) is 0.395. The second-order valence-corrected chi connectivity index (χ2v) is 5.59. The Morgan fingerprint density at radius 1 is 1.37 bits per heavy atom. The molecule has 5 heteroatoms. The predicted octanol–water partition coefficient (Wildman–Crippen LogP) is 3.49. The maximum Gasteiger partial charge on any atom is 0.408 e. The SMILES string of the molecule is CC(C)(C)OC(=O)NC(CC=O)c1ccc(Cl)cc1. The first-order chi connectivity index (χ1) is 8.81. The average molecular weight is 284 g/mol. The van der Waals surface area contributed by atoms with E-state index in [0.717, 1.165) is 11.8 Å². The molecule has 0 bridgehead atoms. The van der Waals surface area contributed by atoms with Crippen LogP contribution < -0.4 is 5.32 Å². The molecule has 0 aliphatic heterocycles. The molecule has 1 N–H and O–H groups in total. The highest BCUT2D eigenvalue weighted by atomic mass is 35.5. The van der Waals surface area contributed by atoms with E-state index in [4.69, 9.17) is 16.3 Å². The van der Waals surface area contributed by atoms with Gasteiger partial charge in [-0.1, -0.05) is 23.7 Å². The predicted molar refractivity (Wildman–Crippen MR) is 74.2 cm³/mol. The quantitative estimate of drug-likeness (QED) is 0.861. The van der Waals surface area contributed by atoms with Crippen LogP contribution >= 0.6 is 11.6 Å². The van der Waals surface area contributed by atoms with Gasteiger partial charge in [0, 0.05) is 11.4 Å². The Morgan fingerprint density at radius 3 is 2.42 bits per heavy atom. The third-order valence-corrected chi connectivity index (χ3v) is 2.55. The molecule has 1 aromatic carbocycles. The largest absolute Gasteiger partial charge is 0.444 e. The van der Waals surface area contributed by atoms with Gasteiger partial charge in [0.1, 0.15) is 11.9 Å². The summed E-state index contributed by atoms with van der Waals surface area (Å²) in [7, 11) is 0. The highest BCUT2D eigenvalue weighted by Crippen LogP contribution is 2.19. The molecule has 1 atom stereocenters. The van der Waals surface area contributed by atoms with Crippen LogP contribution in [0.25, 0.3) is 0 Å². The Hall–Kier alpha value is -1.55. The van der Waals surface area contributed by atoms with Crippen LogP contribution in [0.3, 0.4) is 0 Å². The van der Waals surface area contributed by atoms with E-state index >= 15 is 0 Å². The van der Waals surface area contributed by atoms with E-state index in [0.29, 0.717) is 5.02 Å². The molecule has 0 heterocycles. The third kappa shape index (κ3) is 5.75. The molecule has 0 aliphatic carbocycles. The Bertz CT molecular complexity index is 437. The lowest BCUT2D eigenvalue weighted by Gasteiger charge is -2.23. The van der Waals surface area contributed by atoms with E-state index in [1.807, 2.05) is 0 Å². The molecule has 0 aliphatic rings. The molecule has 0 radical (unpaired) electrons. The summed E-state index contributed by atoms with van der Waals surface area (Å²) >= 11 is 5.80. The Balaban J connectivity index is 2.75. The molecule has 0 aromatic heterocycles. The van der Waals surface area contributed by atoms with E-state index in [9.17, 15) is 9.59 Å². The lowest BCUT2D eigenvalue weighted by Crippen LogP contribution is -2.35. The lowest BCUT2D eigenvalue weighted by atomic mass is 10.0. The molecule has 104 valence electrons. The van der Waals surface area contributed by atoms with Gasteiger partial charge < -0.3 is 14.8 Å². The Labute approximate surface area is 118 Å². The van der Waals surface area contributed by atoms with Gasteiger partial charge in [-0.15, -0.1) is 0 Å². The van der Waals surface area contributed by atoms with Crippen LogP contribution in [-0.2, 0) is 9.53 Å². The molecular weight excluding hydrogens is 266 g/mol. The fraction of sp³-hybridized carbons (Fsp3) is 0.429. The van der Waals surface area contributed by atoms with E-state index in [1.165, 1.54) is 0 Å². The number of aldehydes is 1. The van der Waals surface area contributed by atoms with Crippen molar-refractivity contribution in [3.8, 4) is 0 Å². The number of alkyl carbamates (subject to hydrolysis) is 1. The Morgan fingerprint density at radius 2 is 1.95 bits per heavy atom. The van der Waals surface area contributed by atoms with Crippen molar-refractivity contribution in [2.75, 3.05) is 0 Å². The zero-order valence-corrected chi connectivity index (χ0v) is 12.0. The van der Waals surface area contributed by atoms with Crippen molar-refractivity contribution >= 4 is 24.0 Å². The molecule has 1 aromatic rings. The smallest absolute Gasteiger partial charge is 0.408 e. The van der Waals surface area contributed by atoms with Crippen LogP contribution in [0.15, 0.2) is 24.3 Å². The van der Waals surface area contributed by atoms with Gasteiger partial charge in [0.2, 0.25) is 0 Å². The first kappa shape index (κ1) is 15.5. The van der Waals surface area contributed by atoms with Crippen molar-refractivity contribution in [2.45, 2.75) is 38.8 Å². The zero-order chi connectivity index (χ0) is 14.5. The van der Waals surface area contributed by atoms with Crippen LogP contribution in [0.1, 0.15) is 38.8 Å². The molecule has 4 nitrogen and oxygen atoms in total. The maximum absolute atomic E-state index is 11.7. The number of benzene rings is 1. The molecule has 0 saturated heterocycles. The number of amides is 1. The van der Waals surface area contributed by atoms with Crippen LogP contribution in [0.2, 0.25) is 5.02 Å². The number of ether oxygens (including phenoxy) is 1. The topological polar surface area (TPSA) is 55.4 Å². The van der Waals surface area contributed by atoms with E-state index in [1.54, 1.807) is 45.0 Å². The highest BCUT2D eigenvalue weighted by molar-refractivity contribution is 6.30. The second-order valence-electron chi connectivity index (χ2n) is 5.15. The molecule has 19 heavy (non-hydrogen) atoms. The molecule has 1 amide bonds. The van der Waals surface area contributed by atoms with Crippen LogP contribution in [0.5, 0.6) is 0 Å². The minimum absolute atomic E-state index is 0.181. The molecule has 1 unspecified atom stereocenters. The molecular formula is C14H18ClNO3. The van der Waals surface area contributed by atoms with Gasteiger partial charge in [-0.05, 0) is 38.5 Å². The van der Waals surface area contributed by atoms with Crippen molar-refractivity contribution in [3.63, 3.8) is 0 Å². The summed E-state index contributed by atoms with van der Waals surface area (Å²) in [5.41, 5.74) is 0.234. The maximum atomic E-state index is 11.7. The normalized spacial score (nSPS) is 12.6. The number of hydrogen-bond donors (Lipinski definition) is 1. The fourth-order valence-corrected chi connectivity index (χ4v) is 1.65. The van der Waals surface area contributed by atoms with E-state index in [2.05, 4.69) is 5.32 Å². The number of hydrogen-bond acceptors (Lipinski definition) is 3. The summed E-state index contributed by atoms with van der Waals surface area (Å²) < 4.78 is 5.17. The average Bonchev–Trinajstić information content (AvgIpc) is 2.27. The van der Waals surface area contributed by atoms with Crippen molar-refractivity contribution in [1.82, 2.24) is 5.32 Å². The van der Waals surface area contributed by atoms with Crippen molar-refractivity contribution in [3.05, 3.63) is 34.9 Å². The molecule has 0 spiro atoms. The number of rotatable bonds is 4. The lowest BCUT2D eigenvalue weighted by molar-refractivity contribution is -0.108. The summed E-state index contributed by atoms with van der Waals surface area (Å²) in [5, 5.41) is 3.28. The van der Waals surface area contributed by atoms with Gasteiger partial charge in [-0.25, -0.2) is 4.79 Å². The Kier molecular flexibility index (Phi) is 5.36. The molecule has 0 fully saturated rings. The summed E-state index contributed by atoms with van der Waals surface area (Å²) in [6.45, 7) is 5.34. The van der Waals surface area contributed by atoms with Crippen molar-refractivity contribution < 1.29 is 14.3 Å². The zero-order valence-electron chi connectivity index (χ0n) is 11.3. The van der Waals surface area contributed by atoms with E-state index < -0.39 is 17.7 Å². The molecule has 1 rings (SSSR count). The first-order valence-electron chi connectivity index (χ1n) is 6.00. The highest BCUT2D eigenvalue weighted by Gasteiger charge is 2.20. The van der Waals surface area contributed by atoms with Crippen molar-refractivity contribution in [2.24, 2.45) is 0 Å². The first-order valence-corrected chi connectivity index (χ1v) is 6.38. The summed E-state index contributed by atoms with van der Waals surface area (Å²) in [6, 6.07) is 6.56. The summed E-state index contributed by atoms with van der Waals surface area (Å²) in [4.78, 5) is 22.4. The van der Waals surface area contributed by atoms with Gasteiger partial charge in [0.25, 0.3) is 0 Å². The summed E-state index contributed by atoms with van der Waals surface area (Å²) in [5.74, 6) is 0. The third-order valence-electron chi connectivity index (χ3n) is 2.30. The number of carbonyl (C=O) groups excluding carboxylic acids is 2. The number of halogens is 1. The molecule has 0 saturated carbocycles. The minimum Gasteiger partial charge on any atom is -0.444 e. The van der Waals surface area contributed by atoms with Crippen LogP contribution in [-0.4, -0.2) is 18.0 Å². The van der Waals surface area contributed by atoms with Crippen molar-refractivity contribution in [1.29, 1.82) is 0 Å². The van der Waals surface area contributed by atoms with Gasteiger partial charge >= 0.3 is 6.09 Å². The fourth-order valence-electron chi connectivity index (χ4n) is 1.52. The van der Waals surface area contributed by atoms with Gasteiger partial charge in [-0.2, -0.15) is 0 Å². The monoisotopic (exact) mass is 283 g/mol. The van der Waals surface area contributed by atoms with Crippen LogP contribution in [0.4, 0.5) is 4.79 Å². The number of nitrogens with one attached hydrogen (secondary N) is 1. The van der Waals surface area contributed by atoms with Crippen LogP contribution in [0, 0.1) is 0 Å². The number of carbonyl (C=O) groups is 2.